The Kier molecular flexibility index (Phi) is 9.70. The second-order valence-electron chi connectivity index (χ2n) is 8.34. The van der Waals surface area contributed by atoms with Gasteiger partial charge in [-0.2, -0.15) is 4.67 Å². The van der Waals surface area contributed by atoms with Crippen LogP contribution in [-0.4, -0.2) is 95.4 Å². The van der Waals surface area contributed by atoms with E-state index in [2.05, 4.69) is 5.32 Å². The summed E-state index contributed by atoms with van der Waals surface area (Å²) in [4.78, 5) is 24.2. The quantitative estimate of drug-likeness (QED) is 0.238. The number of rotatable bonds is 10. The average Bonchev–Trinajstić information content (AvgIpc) is 3.35. The zero-order valence-corrected chi connectivity index (χ0v) is 21.2. The third-order valence-electron chi connectivity index (χ3n) is 5.88. The standard InChI is InChI=1S/C22H33N2O11P/c1-4-32-21(28)16-6-5-11-24(16)36(30,34-15-9-7-14(31-3)8-10-15)35-20-17(12-25)33-22(29)18(19(20)27)23-13(2)26/h7-10,16-20,22,25,27,29H,4-6,11-12H2,1-3H3,(H,23,26)/t16-,17+,18+,19+,20+,22+,36?/m0/s1. The molecule has 13 nitrogen and oxygen atoms in total. The van der Waals surface area contributed by atoms with Gasteiger partial charge in [-0.15, -0.1) is 0 Å². The molecule has 1 aromatic rings. The number of benzene rings is 1. The number of carbonyl (C=O) groups is 2. The highest BCUT2D eigenvalue weighted by Crippen LogP contribution is 2.57. The molecule has 202 valence electrons. The van der Waals surface area contributed by atoms with E-state index >= 15 is 0 Å². The van der Waals surface area contributed by atoms with E-state index in [1.54, 1.807) is 19.1 Å². The van der Waals surface area contributed by atoms with E-state index in [1.165, 1.54) is 30.8 Å². The molecule has 0 radical (unpaired) electrons. The molecule has 0 bridgehead atoms. The van der Waals surface area contributed by atoms with Gasteiger partial charge >= 0.3 is 13.7 Å². The van der Waals surface area contributed by atoms with Crippen LogP contribution in [0, 0.1) is 0 Å². The minimum atomic E-state index is -4.44. The number of carbonyl (C=O) groups excluding carboxylic acids is 2. The average molecular weight is 532 g/mol. The molecule has 0 aliphatic carbocycles. The smallest absolute Gasteiger partial charge is 0.462 e. The number of methoxy groups -OCH3 is 1. The SMILES string of the molecule is CCOC(=O)[C@@H]1CCCN1P(=O)(Oc1ccc(OC)cc1)O[C@H]1[C@H](O)[C@@H](NC(C)=O)[C@H](O)O[C@@H]1CO. The van der Waals surface area contributed by atoms with Crippen LogP contribution in [-0.2, 0) is 28.2 Å². The Labute approximate surface area is 208 Å². The number of ether oxygens (including phenoxy) is 3. The number of nitrogens with zero attached hydrogens (tertiary/aromatic N) is 1. The normalized spacial score (nSPS) is 30.3. The van der Waals surface area contributed by atoms with Crippen LogP contribution < -0.4 is 14.6 Å². The van der Waals surface area contributed by atoms with E-state index in [4.69, 9.17) is 23.3 Å². The number of aliphatic hydroxyl groups is 3. The number of amides is 1. The van der Waals surface area contributed by atoms with E-state index in [-0.39, 0.29) is 18.9 Å². The second-order valence-corrected chi connectivity index (χ2v) is 10.2. The monoisotopic (exact) mass is 532 g/mol. The summed E-state index contributed by atoms with van der Waals surface area (Å²) < 4.78 is 42.9. The van der Waals surface area contributed by atoms with Crippen LogP contribution in [0.2, 0.25) is 0 Å². The Hall–Kier alpha value is -2.25. The molecular formula is C22H33N2O11P. The summed E-state index contributed by atoms with van der Waals surface area (Å²) in [5.41, 5.74) is 0. The number of esters is 1. The summed E-state index contributed by atoms with van der Waals surface area (Å²) in [6, 6.07) is 3.84. The largest absolute Gasteiger partial charge is 0.497 e. The van der Waals surface area contributed by atoms with Crippen LogP contribution in [0.25, 0.3) is 0 Å². The highest BCUT2D eigenvalue weighted by atomic mass is 31.2. The first-order valence-corrected chi connectivity index (χ1v) is 13.1. The van der Waals surface area contributed by atoms with Crippen molar-refractivity contribution < 1.29 is 52.7 Å². The van der Waals surface area contributed by atoms with Crippen molar-refractivity contribution in [3.8, 4) is 11.5 Å². The van der Waals surface area contributed by atoms with E-state index in [0.717, 1.165) is 0 Å². The van der Waals surface area contributed by atoms with Crippen molar-refractivity contribution in [2.24, 2.45) is 0 Å². The maximum Gasteiger partial charge on any atom is 0.462 e. The Morgan fingerprint density at radius 2 is 1.89 bits per heavy atom. The minimum absolute atomic E-state index is 0.117. The molecule has 2 aliphatic heterocycles. The van der Waals surface area contributed by atoms with E-state index in [9.17, 15) is 29.5 Å². The molecule has 2 fully saturated rings. The molecule has 14 heteroatoms. The zero-order chi connectivity index (χ0) is 26.5. The zero-order valence-electron chi connectivity index (χ0n) is 20.3. The van der Waals surface area contributed by atoms with Gasteiger partial charge < -0.3 is 39.4 Å². The van der Waals surface area contributed by atoms with Gasteiger partial charge in [-0.3, -0.25) is 14.1 Å². The van der Waals surface area contributed by atoms with Crippen LogP contribution in [0.1, 0.15) is 26.7 Å². The van der Waals surface area contributed by atoms with E-state index < -0.39 is 62.9 Å². The van der Waals surface area contributed by atoms with Crippen LogP contribution in [0.15, 0.2) is 24.3 Å². The van der Waals surface area contributed by atoms with Crippen molar-refractivity contribution in [2.45, 2.75) is 63.4 Å². The Bertz CT molecular complexity index is 946. The van der Waals surface area contributed by atoms with Crippen LogP contribution >= 0.6 is 7.75 Å². The summed E-state index contributed by atoms with van der Waals surface area (Å²) in [7, 11) is -2.95. The molecular weight excluding hydrogens is 499 g/mol. The predicted molar refractivity (Wildman–Crippen MR) is 124 cm³/mol. The molecule has 4 N–H and O–H groups in total. The molecule has 7 atom stereocenters. The number of aliphatic hydroxyl groups excluding tert-OH is 3. The third-order valence-corrected chi connectivity index (χ3v) is 7.93. The van der Waals surface area contributed by atoms with Gasteiger partial charge in [0.25, 0.3) is 0 Å². The molecule has 1 amide bonds. The first-order valence-electron chi connectivity index (χ1n) is 11.6. The van der Waals surface area contributed by atoms with Crippen molar-refractivity contribution in [1.29, 1.82) is 0 Å². The Morgan fingerprint density at radius 3 is 2.47 bits per heavy atom. The van der Waals surface area contributed by atoms with Crippen LogP contribution in [0.4, 0.5) is 0 Å². The molecule has 2 heterocycles. The fourth-order valence-corrected chi connectivity index (χ4v) is 6.35. The lowest BCUT2D eigenvalue weighted by molar-refractivity contribution is -0.250. The van der Waals surface area contributed by atoms with Crippen molar-refractivity contribution in [3.05, 3.63) is 24.3 Å². The van der Waals surface area contributed by atoms with Gasteiger partial charge in [0.15, 0.2) is 6.29 Å². The molecule has 2 saturated heterocycles. The number of nitrogens with one attached hydrogen (secondary N) is 1. The first kappa shape index (κ1) is 28.3. The van der Waals surface area contributed by atoms with E-state index in [0.29, 0.717) is 18.6 Å². The summed E-state index contributed by atoms with van der Waals surface area (Å²) in [5.74, 6) is -0.531. The third kappa shape index (κ3) is 6.35. The van der Waals surface area contributed by atoms with Gasteiger partial charge in [-0.25, -0.2) is 4.57 Å². The molecule has 36 heavy (non-hydrogen) atoms. The Balaban J connectivity index is 1.97. The number of hydrogen-bond donors (Lipinski definition) is 4. The van der Waals surface area contributed by atoms with Crippen molar-refractivity contribution in [3.63, 3.8) is 0 Å². The molecule has 2 aliphatic rings. The van der Waals surface area contributed by atoms with Crippen molar-refractivity contribution in [1.82, 2.24) is 9.99 Å². The first-order chi connectivity index (χ1) is 17.1. The lowest BCUT2D eigenvalue weighted by Gasteiger charge is -2.43. The summed E-state index contributed by atoms with van der Waals surface area (Å²) in [6.45, 7) is 2.39. The highest BCUT2D eigenvalue weighted by Gasteiger charge is 2.53. The predicted octanol–water partition coefficient (Wildman–Crippen LogP) is 0.170. The fraction of sp³-hybridized carbons (Fsp3) is 0.636. The van der Waals surface area contributed by atoms with E-state index in [1.807, 2.05) is 0 Å². The highest BCUT2D eigenvalue weighted by molar-refractivity contribution is 7.51. The molecule has 3 rings (SSSR count). The maximum absolute atomic E-state index is 14.4. The lowest BCUT2D eigenvalue weighted by atomic mass is 9.97. The minimum Gasteiger partial charge on any atom is -0.497 e. The summed E-state index contributed by atoms with van der Waals surface area (Å²) in [5, 5.41) is 33.4. The van der Waals surface area contributed by atoms with Gasteiger partial charge in [-0.1, -0.05) is 0 Å². The van der Waals surface area contributed by atoms with Gasteiger partial charge in [0.1, 0.15) is 41.9 Å². The second kappa shape index (κ2) is 12.3. The van der Waals surface area contributed by atoms with Gasteiger partial charge in [0.2, 0.25) is 5.91 Å². The van der Waals surface area contributed by atoms with Crippen molar-refractivity contribution >= 4 is 19.6 Å². The molecule has 0 spiro atoms. The molecule has 1 aromatic carbocycles. The van der Waals surface area contributed by atoms with Gasteiger partial charge in [0.05, 0.1) is 20.3 Å². The maximum atomic E-state index is 14.4. The molecule has 0 saturated carbocycles. The topological polar surface area (TPSA) is 173 Å². The molecule has 0 aromatic heterocycles. The fourth-order valence-electron chi connectivity index (χ4n) is 4.18. The van der Waals surface area contributed by atoms with Crippen molar-refractivity contribution in [2.75, 3.05) is 26.9 Å². The lowest BCUT2D eigenvalue weighted by Crippen LogP contribution is -2.64. The molecule has 1 unspecified atom stereocenters. The van der Waals surface area contributed by atoms with Crippen LogP contribution in [0.3, 0.4) is 0 Å². The summed E-state index contributed by atoms with van der Waals surface area (Å²) in [6.07, 6.45) is -5.32. The van der Waals surface area contributed by atoms with Gasteiger partial charge in [0, 0.05) is 13.5 Å². The Morgan fingerprint density at radius 1 is 1.22 bits per heavy atom. The summed E-state index contributed by atoms with van der Waals surface area (Å²) >= 11 is 0. The van der Waals surface area contributed by atoms with Gasteiger partial charge in [-0.05, 0) is 44.0 Å². The number of hydrogen-bond acceptors (Lipinski definition) is 11. The van der Waals surface area contributed by atoms with Crippen LogP contribution in [0.5, 0.6) is 11.5 Å².